The SMILES string of the molecule is CCOc1cc(C)c(-c2nc3ccccc3c(=O)n2N=Cc2cc(Cl)c(O[C@@H](C)C(=O)O)c(Cl)c2)cc1C(C)C. The van der Waals surface area contributed by atoms with Gasteiger partial charge >= 0.3 is 5.97 Å². The Morgan fingerprint density at radius 2 is 1.80 bits per heavy atom. The number of halogens is 2. The van der Waals surface area contributed by atoms with Gasteiger partial charge in [0.25, 0.3) is 5.56 Å². The highest BCUT2D eigenvalue weighted by molar-refractivity contribution is 6.37. The van der Waals surface area contributed by atoms with Crippen LogP contribution < -0.4 is 15.0 Å². The fourth-order valence-corrected chi connectivity index (χ4v) is 4.79. The smallest absolute Gasteiger partial charge is 0.344 e. The van der Waals surface area contributed by atoms with Gasteiger partial charge < -0.3 is 14.6 Å². The van der Waals surface area contributed by atoms with Crippen molar-refractivity contribution < 1.29 is 19.4 Å². The Labute approximate surface area is 241 Å². The van der Waals surface area contributed by atoms with Gasteiger partial charge in [-0.25, -0.2) is 9.78 Å². The van der Waals surface area contributed by atoms with Gasteiger partial charge in [0, 0.05) is 5.56 Å². The first-order chi connectivity index (χ1) is 19.0. The number of ether oxygens (including phenoxy) is 2. The molecule has 1 heterocycles. The number of carbonyl (C=O) groups is 1. The van der Waals surface area contributed by atoms with Crippen molar-refractivity contribution in [1.29, 1.82) is 0 Å². The predicted molar refractivity (Wildman–Crippen MR) is 159 cm³/mol. The zero-order valence-corrected chi connectivity index (χ0v) is 24.2. The normalized spacial score (nSPS) is 12.3. The van der Waals surface area contributed by atoms with Crippen LogP contribution in [0, 0.1) is 6.92 Å². The maximum atomic E-state index is 13.7. The molecule has 3 aromatic carbocycles. The molecule has 0 saturated heterocycles. The topological polar surface area (TPSA) is 103 Å². The van der Waals surface area contributed by atoms with E-state index in [1.165, 1.54) is 29.9 Å². The zero-order valence-electron chi connectivity index (χ0n) is 22.7. The molecular weight excluding hydrogens is 553 g/mol. The summed E-state index contributed by atoms with van der Waals surface area (Å²) < 4.78 is 12.5. The lowest BCUT2D eigenvalue weighted by Gasteiger charge is -2.18. The van der Waals surface area contributed by atoms with Gasteiger partial charge in [0.2, 0.25) is 0 Å². The number of carboxylic acid groups (broad SMARTS) is 1. The van der Waals surface area contributed by atoms with Gasteiger partial charge in [0.1, 0.15) is 5.75 Å². The second kappa shape index (κ2) is 12.1. The van der Waals surface area contributed by atoms with Crippen LogP contribution in [0.15, 0.2) is 58.4 Å². The number of fused-ring (bicyclic) bond motifs is 1. The molecule has 8 nitrogen and oxygen atoms in total. The van der Waals surface area contributed by atoms with Crippen LogP contribution in [0.5, 0.6) is 11.5 Å². The van der Waals surface area contributed by atoms with E-state index < -0.39 is 12.1 Å². The molecule has 0 aliphatic carbocycles. The molecule has 1 atom stereocenters. The minimum Gasteiger partial charge on any atom is -0.494 e. The molecule has 0 fully saturated rings. The van der Waals surface area contributed by atoms with Crippen molar-refractivity contribution in [2.75, 3.05) is 6.61 Å². The third-order valence-corrected chi connectivity index (χ3v) is 6.82. The predicted octanol–water partition coefficient (Wildman–Crippen LogP) is 6.93. The van der Waals surface area contributed by atoms with Gasteiger partial charge in [-0.2, -0.15) is 9.78 Å². The summed E-state index contributed by atoms with van der Waals surface area (Å²) in [5.41, 5.74) is 3.29. The third kappa shape index (κ3) is 5.98. The van der Waals surface area contributed by atoms with E-state index in [9.17, 15) is 9.59 Å². The highest BCUT2D eigenvalue weighted by Gasteiger charge is 2.20. The van der Waals surface area contributed by atoms with E-state index in [-0.39, 0.29) is 27.3 Å². The summed E-state index contributed by atoms with van der Waals surface area (Å²) in [6.45, 7) is 9.94. The van der Waals surface area contributed by atoms with Crippen LogP contribution in [0.3, 0.4) is 0 Å². The summed E-state index contributed by atoms with van der Waals surface area (Å²) in [6.07, 6.45) is 0.295. The average Bonchev–Trinajstić information content (AvgIpc) is 2.90. The Morgan fingerprint density at radius 1 is 1.12 bits per heavy atom. The number of rotatable bonds is 9. The second-order valence-corrected chi connectivity index (χ2v) is 10.3. The molecule has 0 saturated carbocycles. The zero-order chi connectivity index (χ0) is 29.1. The van der Waals surface area contributed by atoms with E-state index >= 15 is 0 Å². The first-order valence-electron chi connectivity index (χ1n) is 12.7. The van der Waals surface area contributed by atoms with Crippen molar-refractivity contribution in [2.24, 2.45) is 5.10 Å². The number of hydrogen-bond donors (Lipinski definition) is 1. The molecule has 10 heteroatoms. The summed E-state index contributed by atoms with van der Waals surface area (Å²) in [5.74, 6) is 0.222. The Kier molecular flexibility index (Phi) is 8.81. The number of hydrogen-bond acceptors (Lipinski definition) is 6. The molecular formula is C30H29Cl2N3O5. The highest BCUT2D eigenvalue weighted by Crippen LogP contribution is 2.36. The number of nitrogens with zero attached hydrogens (tertiary/aromatic N) is 3. The molecule has 0 aliphatic heterocycles. The van der Waals surface area contributed by atoms with Crippen LogP contribution in [0.1, 0.15) is 50.3 Å². The van der Waals surface area contributed by atoms with Crippen molar-refractivity contribution in [1.82, 2.24) is 9.66 Å². The lowest BCUT2D eigenvalue weighted by atomic mass is 9.96. The summed E-state index contributed by atoms with van der Waals surface area (Å²) in [4.78, 5) is 29.7. The lowest BCUT2D eigenvalue weighted by Crippen LogP contribution is -2.23. The number of aliphatic carboxylic acids is 1. The van der Waals surface area contributed by atoms with E-state index in [1.807, 2.05) is 32.0 Å². The van der Waals surface area contributed by atoms with Gasteiger partial charge in [-0.15, -0.1) is 0 Å². The summed E-state index contributed by atoms with van der Waals surface area (Å²) in [7, 11) is 0. The Bertz CT molecular complexity index is 1660. The van der Waals surface area contributed by atoms with Crippen molar-refractivity contribution in [3.63, 3.8) is 0 Å². The molecule has 0 spiro atoms. The molecule has 0 bridgehead atoms. The molecule has 1 N–H and O–H groups in total. The minimum atomic E-state index is -1.15. The summed E-state index contributed by atoms with van der Waals surface area (Å²) in [6, 6.07) is 14.1. The second-order valence-electron chi connectivity index (χ2n) is 9.52. The van der Waals surface area contributed by atoms with Crippen molar-refractivity contribution in [3.05, 3.63) is 85.6 Å². The molecule has 4 aromatic rings. The van der Waals surface area contributed by atoms with E-state index in [1.54, 1.807) is 18.2 Å². The summed E-state index contributed by atoms with van der Waals surface area (Å²) in [5, 5.41) is 14.3. The van der Waals surface area contributed by atoms with Gasteiger partial charge in [0.05, 0.1) is 33.8 Å². The van der Waals surface area contributed by atoms with Crippen LogP contribution in [-0.2, 0) is 4.79 Å². The van der Waals surface area contributed by atoms with Gasteiger partial charge in [-0.05, 0) is 79.8 Å². The summed E-state index contributed by atoms with van der Waals surface area (Å²) >= 11 is 12.7. The number of para-hydroxylation sites is 1. The van der Waals surface area contributed by atoms with Crippen LogP contribution in [0.4, 0.5) is 0 Å². The van der Waals surface area contributed by atoms with Crippen molar-refractivity contribution >= 4 is 46.3 Å². The molecule has 0 amide bonds. The number of aromatic nitrogens is 2. The van der Waals surface area contributed by atoms with Crippen LogP contribution in [0.2, 0.25) is 10.0 Å². The Hall–Kier alpha value is -3.88. The lowest BCUT2D eigenvalue weighted by molar-refractivity contribution is -0.144. The van der Waals surface area contributed by atoms with Gasteiger partial charge in [-0.1, -0.05) is 49.2 Å². The largest absolute Gasteiger partial charge is 0.494 e. The third-order valence-electron chi connectivity index (χ3n) is 6.26. The monoisotopic (exact) mass is 581 g/mol. The molecule has 1 aromatic heterocycles. The maximum Gasteiger partial charge on any atom is 0.344 e. The molecule has 0 aliphatic rings. The van der Waals surface area contributed by atoms with Crippen molar-refractivity contribution in [2.45, 2.75) is 46.6 Å². The first kappa shape index (κ1) is 29.1. The van der Waals surface area contributed by atoms with Crippen LogP contribution in [0.25, 0.3) is 22.3 Å². The quantitative estimate of drug-likeness (QED) is 0.215. The van der Waals surface area contributed by atoms with Crippen molar-refractivity contribution in [3.8, 4) is 22.9 Å². The number of carboxylic acids is 1. The minimum absolute atomic E-state index is 0.0480. The van der Waals surface area contributed by atoms with Gasteiger partial charge in [-0.3, -0.25) is 4.79 Å². The molecule has 0 radical (unpaired) electrons. The Morgan fingerprint density at radius 3 is 2.42 bits per heavy atom. The van der Waals surface area contributed by atoms with E-state index in [4.69, 9.17) is 42.8 Å². The number of aryl methyl sites for hydroxylation is 1. The first-order valence-corrected chi connectivity index (χ1v) is 13.5. The molecule has 0 unspecified atom stereocenters. The molecule has 208 valence electrons. The fourth-order valence-electron chi connectivity index (χ4n) is 4.19. The highest BCUT2D eigenvalue weighted by atomic mass is 35.5. The number of benzene rings is 3. The van der Waals surface area contributed by atoms with Crippen LogP contribution in [-0.4, -0.2) is 39.7 Å². The maximum absolute atomic E-state index is 13.7. The Balaban J connectivity index is 1.88. The molecule has 4 rings (SSSR count). The standard InChI is InChI=1S/C30H29Cl2N3O5/c1-6-39-26-11-17(4)22(14-21(26)16(2)3)28-34-25-10-8-7-9-20(25)29(36)35(28)33-15-19-12-23(31)27(24(32)13-19)40-18(5)30(37)38/h7-16,18H,6H2,1-5H3,(H,37,38)/t18-/m0/s1. The molecule has 40 heavy (non-hydrogen) atoms. The fraction of sp³-hybridized carbons (Fsp3) is 0.267. The van der Waals surface area contributed by atoms with Crippen LogP contribution >= 0.6 is 23.2 Å². The van der Waals surface area contributed by atoms with Gasteiger partial charge in [0.15, 0.2) is 17.7 Å². The van der Waals surface area contributed by atoms with E-state index in [0.29, 0.717) is 28.9 Å². The van der Waals surface area contributed by atoms with E-state index in [2.05, 4.69) is 18.9 Å². The average molecular weight is 582 g/mol. The van der Waals surface area contributed by atoms with E-state index in [0.717, 1.165) is 22.4 Å².